The van der Waals surface area contributed by atoms with E-state index in [1.165, 1.54) is 65.7 Å². The molecule has 0 saturated carbocycles. The van der Waals surface area contributed by atoms with E-state index >= 15 is 0 Å². The van der Waals surface area contributed by atoms with E-state index in [1.807, 2.05) is 0 Å². The highest BCUT2D eigenvalue weighted by Crippen LogP contribution is 2.63. The van der Waals surface area contributed by atoms with Gasteiger partial charge in [-0.15, -0.1) is 0 Å². The van der Waals surface area contributed by atoms with Gasteiger partial charge in [0.15, 0.2) is 0 Å². The Balaban J connectivity index is 1.06. The van der Waals surface area contributed by atoms with Gasteiger partial charge in [-0.3, -0.25) is 0 Å². The van der Waals surface area contributed by atoms with Gasteiger partial charge in [0.25, 0.3) is 0 Å². The highest BCUT2D eigenvalue weighted by molar-refractivity contribution is 6.26. The van der Waals surface area contributed by atoms with Crippen molar-refractivity contribution in [1.82, 2.24) is 4.98 Å². The molecule has 0 unspecified atom stereocenters. The molecular formula is C56H33NO. The SMILES string of the molecule is c1cc(-c2ccc3c4ccccc4c4ccccc4c3c2)cc(-c2nc3ccccc3c3c4c(ccc23)C2(c3ccccc3O4)c3ccccc3-c3ccccc32)c1. The Morgan fingerprint density at radius 1 is 0.345 bits per heavy atom. The molecule has 1 aliphatic carbocycles. The first kappa shape index (κ1) is 31.6. The summed E-state index contributed by atoms with van der Waals surface area (Å²) < 4.78 is 7.18. The van der Waals surface area contributed by atoms with E-state index in [2.05, 4.69) is 200 Å². The van der Waals surface area contributed by atoms with Crippen molar-refractivity contribution in [1.29, 1.82) is 0 Å². The Morgan fingerprint density at radius 2 is 0.879 bits per heavy atom. The Labute approximate surface area is 335 Å². The van der Waals surface area contributed by atoms with Gasteiger partial charge in [-0.05, 0) is 90.0 Å². The molecule has 13 rings (SSSR count). The van der Waals surface area contributed by atoms with Crippen LogP contribution < -0.4 is 4.74 Å². The fourth-order valence-electron chi connectivity index (χ4n) is 10.5. The van der Waals surface area contributed by atoms with Crippen LogP contribution in [0.5, 0.6) is 11.5 Å². The number of hydrogen-bond donors (Lipinski definition) is 0. The van der Waals surface area contributed by atoms with E-state index in [4.69, 9.17) is 9.72 Å². The number of pyridine rings is 1. The zero-order chi connectivity index (χ0) is 38.0. The van der Waals surface area contributed by atoms with Crippen LogP contribution in [0, 0.1) is 0 Å². The van der Waals surface area contributed by atoms with Crippen molar-refractivity contribution < 1.29 is 4.74 Å². The van der Waals surface area contributed by atoms with Crippen molar-refractivity contribution in [2.45, 2.75) is 5.41 Å². The van der Waals surface area contributed by atoms with Crippen LogP contribution in [-0.2, 0) is 5.41 Å². The summed E-state index contributed by atoms with van der Waals surface area (Å²) in [7, 11) is 0. The van der Waals surface area contributed by atoms with Crippen LogP contribution in [0.15, 0.2) is 200 Å². The fourth-order valence-corrected chi connectivity index (χ4v) is 10.5. The highest BCUT2D eigenvalue weighted by Gasteiger charge is 2.51. The third-order valence-corrected chi connectivity index (χ3v) is 12.9. The summed E-state index contributed by atoms with van der Waals surface area (Å²) in [6, 6.07) is 72.9. The van der Waals surface area contributed by atoms with Gasteiger partial charge in [0.2, 0.25) is 0 Å². The first-order chi connectivity index (χ1) is 28.8. The van der Waals surface area contributed by atoms with Gasteiger partial charge >= 0.3 is 0 Å². The summed E-state index contributed by atoms with van der Waals surface area (Å²) in [5, 5.41) is 10.9. The van der Waals surface area contributed by atoms with E-state index in [0.29, 0.717) is 0 Å². The van der Waals surface area contributed by atoms with Crippen LogP contribution in [0.3, 0.4) is 0 Å². The van der Waals surface area contributed by atoms with Gasteiger partial charge in [-0.25, -0.2) is 4.98 Å². The highest BCUT2D eigenvalue weighted by atomic mass is 16.5. The number of ether oxygens (including phenoxy) is 1. The lowest BCUT2D eigenvalue weighted by Gasteiger charge is -2.40. The molecule has 2 heteroatoms. The summed E-state index contributed by atoms with van der Waals surface area (Å²) in [5.74, 6) is 1.78. The monoisotopic (exact) mass is 735 g/mol. The van der Waals surface area contributed by atoms with Gasteiger partial charge in [-0.1, -0.05) is 176 Å². The number of fused-ring (bicyclic) bond motifs is 19. The van der Waals surface area contributed by atoms with Crippen molar-refractivity contribution in [3.8, 4) is 45.0 Å². The number of para-hydroxylation sites is 2. The van der Waals surface area contributed by atoms with E-state index in [0.717, 1.165) is 55.6 Å². The molecule has 0 fully saturated rings. The maximum absolute atomic E-state index is 7.18. The standard InChI is InChI=1S/C56H33NO/c1-2-18-39-37(16-1)38-17-3-4-19-40(38)46-33-35(28-29-41(39)46)34-14-13-15-36(32-34)54-45-30-31-50-55(53(45)44-22-7-11-26-51(44)57-54)58-52-27-12-10-25-49(52)56(50)47-23-8-5-20-42(47)43-21-6-9-24-48(43)56/h1-33H. The largest absolute Gasteiger partial charge is 0.456 e. The van der Waals surface area contributed by atoms with Crippen LogP contribution in [0.25, 0.3) is 87.5 Å². The fraction of sp³-hybridized carbons (Fsp3) is 0.0179. The summed E-state index contributed by atoms with van der Waals surface area (Å²) in [6.45, 7) is 0. The van der Waals surface area contributed by atoms with Crippen molar-refractivity contribution in [2.75, 3.05) is 0 Å². The molecule has 2 heterocycles. The van der Waals surface area contributed by atoms with Crippen molar-refractivity contribution in [3.05, 3.63) is 222 Å². The third-order valence-electron chi connectivity index (χ3n) is 12.9. The Bertz CT molecular complexity index is 3480. The molecule has 2 aliphatic rings. The normalized spacial score (nSPS) is 13.4. The van der Waals surface area contributed by atoms with Gasteiger partial charge in [0.1, 0.15) is 11.5 Å². The molecular weight excluding hydrogens is 703 g/mol. The molecule has 11 aromatic rings. The molecule has 0 amide bonds. The molecule has 0 bridgehead atoms. The van der Waals surface area contributed by atoms with E-state index < -0.39 is 5.41 Å². The molecule has 0 N–H and O–H groups in total. The molecule has 1 aliphatic heterocycles. The second kappa shape index (κ2) is 11.7. The van der Waals surface area contributed by atoms with Gasteiger partial charge in [0.05, 0.1) is 16.6 Å². The molecule has 10 aromatic carbocycles. The zero-order valence-corrected chi connectivity index (χ0v) is 31.4. The zero-order valence-electron chi connectivity index (χ0n) is 31.4. The molecule has 2 nitrogen and oxygen atoms in total. The smallest absolute Gasteiger partial charge is 0.140 e. The van der Waals surface area contributed by atoms with Crippen LogP contribution in [0.2, 0.25) is 0 Å². The number of benzene rings is 10. The van der Waals surface area contributed by atoms with Crippen molar-refractivity contribution >= 4 is 54.0 Å². The van der Waals surface area contributed by atoms with E-state index in [9.17, 15) is 0 Å². The topological polar surface area (TPSA) is 22.1 Å². The molecule has 0 radical (unpaired) electrons. The predicted molar refractivity (Wildman–Crippen MR) is 240 cm³/mol. The molecule has 0 atom stereocenters. The second-order valence-corrected chi connectivity index (χ2v) is 15.7. The average Bonchev–Trinajstić information content (AvgIpc) is 3.59. The molecule has 268 valence electrons. The number of hydrogen-bond acceptors (Lipinski definition) is 2. The molecule has 1 spiro atoms. The lowest BCUT2D eigenvalue weighted by molar-refractivity contribution is 0.442. The maximum atomic E-state index is 7.18. The predicted octanol–water partition coefficient (Wildman–Crippen LogP) is 14.7. The first-order valence-corrected chi connectivity index (χ1v) is 20.0. The van der Waals surface area contributed by atoms with Crippen molar-refractivity contribution in [2.24, 2.45) is 0 Å². The summed E-state index contributed by atoms with van der Waals surface area (Å²) >= 11 is 0. The quantitative estimate of drug-likeness (QED) is 0.165. The van der Waals surface area contributed by atoms with Gasteiger partial charge in [-0.2, -0.15) is 0 Å². The second-order valence-electron chi connectivity index (χ2n) is 15.7. The lowest BCUT2D eigenvalue weighted by atomic mass is 9.65. The minimum atomic E-state index is -0.540. The third kappa shape index (κ3) is 4.13. The van der Waals surface area contributed by atoms with Gasteiger partial charge < -0.3 is 4.74 Å². The molecule has 0 saturated heterocycles. The van der Waals surface area contributed by atoms with Crippen LogP contribution >= 0.6 is 0 Å². The average molecular weight is 736 g/mol. The Morgan fingerprint density at radius 3 is 1.60 bits per heavy atom. The summed E-state index contributed by atoms with van der Waals surface area (Å²) in [5.41, 5.74) is 12.2. The maximum Gasteiger partial charge on any atom is 0.140 e. The number of nitrogens with zero attached hydrogens (tertiary/aromatic N) is 1. The van der Waals surface area contributed by atoms with Gasteiger partial charge in [0, 0.05) is 32.8 Å². The minimum Gasteiger partial charge on any atom is -0.456 e. The lowest BCUT2D eigenvalue weighted by Crippen LogP contribution is -2.32. The summed E-state index contributed by atoms with van der Waals surface area (Å²) in [6.07, 6.45) is 0. The van der Waals surface area contributed by atoms with Crippen LogP contribution in [0.4, 0.5) is 0 Å². The molecule has 58 heavy (non-hydrogen) atoms. The van der Waals surface area contributed by atoms with Crippen molar-refractivity contribution in [3.63, 3.8) is 0 Å². The minimum absolute atomic E-state index is 0.540. The molecule has 1 aromatic heterocycles. The Hall–Kier alpha value is -7.55. The van der Waals surface area contributed by atoms with E-state index in [-0.39, 0.29) is 0 Å². The van der Waals surface area contributed by atoms with Crippen LogP contribution in [0.1, 0.15) is 22.3 Å². The summed E-state index contributed by atoms with van der Waals surface area (Å²) in [4.78, 5) is 5.43. The van der Waals surface area contributed by atoms with E-state index in [1.54, 1.807) is 0 Å². The first-order valence-electron chi connectivity index (χ1n) is 20.0. The number of rotatable bonds is 2. The number of aromatic nitrogens is 1. The van der Waals surface area contributed by atoms with Crippen LogP contribution in [-0.4, -0.2) is 4.98 Å². The Kier molecular flexibility index (Phi) is 6.40.